The Morgan fingerprint density at radius 3 is 2.33 bits per heavy atom. The highest BCUT2D eigenvalue weighted by molar-refractivity contribution is 5.31. The highest BCUT2D eigenvalue weighted by atomic mass is 19.1. The van der Waals surface area contributed by atoms with Gasteiger partial charge in [-0.3, -0.25) is 0 Å². The molecule has 0 aromatic carbocycles. The van der Waals surface area contributed by atoms with Crippen LogP contribution in [0.1, 0.15) is 58.8 Å². The van der Waals surface area contributed by atoms with Crippen molar-refractivity contribution in [3.05, 3.63) is 35.4 Å². The van der Waals surface area contributed by atoms with E-state index in [1.54, 1.807) is 0 Å². The van der Waals surface area contributed by atoms with Gasteiger partial charge in [0.1, 0.15) is 0 Å². The zero-order valence-corrected chi connectivity index (χ0v) is 11.6. The minimum Gasteiger partial charge on any atom is -0.505 e. The molecule has 1 rings (SSSR count). The van der Waals surface area contributed by atoms with Crippen LogP contribution in [-0.4, -0.2) is 5.11 Å². The minimum absolute atomic E-state index is 0.241. The van der Waals surface area contributed by atoms with Crippen LogP contribution in [0.4, 0.5) is 4.39 Å². The average molecular weight is 252 g/mol. The number of halogens is 1. The number of hydrogen-bond donors (Lipinski definition) is 1. The molecule has 0 aliphatic heterocycles. The van der Waals surface area contributed by atoms with E-state index in [0.29, 0.717) is 12.3 Å². The van der Waals surface area contributed by atoms with Gasteiger partial charge in [-0.2, -0.15) is 0 Å². The van der Waals surface area contributed by atoms with Crippen LogP contribution in [0.25, 0.3) is 0 Å². The fourth-order valence-electron chi connectivity index (χ4n) is 2.36. The fourth-order valence-corrected chi connectivity index (χ4v) is 2.36. The maximum absolute atomic E-state index is 13.3. The molecule has 0 fully saturated rings. The Morgan fingerprint density at radius 1 is 1.17 bits per heavy atom. The van der Waals surface area contributed by atoms with E-state index in [1.165, 1.54) is 56.3 Å². The maximum atomic E-state index is 13.3. The van der Waals surface area contributed by atoms with Crippen LogP contribution < -0.4 is 0 Å². The second-order valence-corrected chi connectivity index (χ2v) is 5.03. The summed E-state index contributed by atoms with van der Waals surface area (Å²) in [4.78, 5) is 0. The first-order valence-electron chi connectivity index (χ1n) is 7.14. The zero-order valence-electron chi connectivity index (χ0n) is 11.6. The van der Waals surface area contributed by atoms with Crippen molar-refractivity contribution in [2.75, 3.05) is 0 Å². The fraction of sp³-hybridized carbons (Fsp3) is 0.625. The third kappa shape index (κ3) is 4.67. The van der Waals surface area contributed by atoms with Gasteiger partial charge in [0, 0.05) is 0 Å². The van der Waals surface area contributed by atoms with Crippen molar-refractivity contribution >= 4 is 0 Å². The SMILES string of the molecule is CCCCC(CCCC)C1=CC=C(O)C(F)=CC1. The lowest BCUT2D eigenvalue weighted by molar-refractivity contribution is 0.389. The van der Waals surface area contributed by atoms with E-state index in [0.717, 1.165) is 0 Å². The van der Waals surface area contributed by atoms with Crippen molar-refractivity contribution in [1.29, 1.82) is 0 Å². The number of aliphatic hydroxyl groups excluding tert-OH is 1. The number of hydrogen-bond acceptors (Lipinski definition) is 1. The van der Waals surface area contributed by atoms with Gasteiger partial charge in [-0.1, -0.05) is 51.2 Å². The van der Waals surface area contributed by atoms with Crippen molar-refractivity contribution in [1.82, 2.24) is 0 Å². The van der Waals surface area contributed by atoms with Gasteiger partial charge >= 0.3 is 0 Å². The molecule has 0 saturated carbocycles. The molecule has 0 aromatic heterocycles. The molecule has 1 aliphatic carbocycles. The van der Waals surface area contributed by atoms with Gasteiger partial charge in [-0.05, 0) is 37.3 Å². The standard InChI is InChI=1S/C16H25FO/c1-3-5-7-13(8-6-4-2)14-9-11-15(17)16(18)12-10-14/h10-13,18H,3-9H2,1-2H3. The van der Waals surface area contributed by atoms with Gasteiger partial charge in [0.2, 0.25) is 0 Å². The molecule has 0 atom stereocenters. The van der Waals surface area contributed by atoms with E-state index in [2.05, 4.69) is 13.8 Å². The lowest BCUT2D eigenvalue weighted by atomic mass is 9.87. The van der Waals surface area contributed by atoms with E-state index in [9.17, 15) is 9.50 Å². The van der Waals surface area contributed by atoms with E-state index < -0.39 is 5.83 Å². The highest BCUT2D eigenvalue weighted by Gasteiger charge is 2.15. The Hall–Kier alpha value is -1.05. The van der Waals surface area contributed by atoms with E-state index in [4.69, 9.17) is 0 Å². The quantitative estimate of drug-likeness (QED) is 0.624. The molecule has 0 unspecified atom stereocenters. The van der Waals surface area contributed by atoms with Crippen molar-refractivity contribution in [3.8, 4) is 0 Å². The summed E-state index contributed by atoms with van der Waals surface area (Å²) in [5.41, 5.74) is 1.26. The number of unbranched alkanes of at least 4 members (excludes halogenated alkanes) is 2. The summed E-state index contributed by atoms with van der Waals surface area (Å²) in [5, 5.41) is 9.38. The predicted molar refractivity (Wildman–Crippen MR) is 75.1 cm³/mol. The largest absolute Gasteiger partial charge is 0.505 e. The van der Waals surface area contributed by atoms with Crippen LogP contribution >= 0.6 is 0 Å². The molecule has 0 heterocycles. The maximum Gasteiger partial charge on any atom is 0.161 e. The molecule has 1 nitrogen and oxygen atoms in total. The summed E-state index contributed by atoms with van der Waals surface area (Å²) in [7, 11) is 0. The molecule has 0 spiro atoms. The monoisotopic (exact) mass is 252 g/mol. The van der Waals surface area contributed by atoms with E-state index >= 15 is 0 Å². The second-order valence-electron chi connectivity index (χ2n) is 5.03. The summed E-state index contributed by atoms with van der Waals surface area (Å²) in [6, 6.07) is 0. The van der Waals surface area contributed by atoms with Gasteiger partial charge in [0.25, 0.3) is 0 Å². The lowest BCUT2D eigenvalue weighted by Crippen LogP contribution is -2.04. The van der Waals surface area contributed by atoms with Crippen LogP contribution in [0.5, 0.6) is 0 Å². The Morgan fingerprint density at radius 2 is 1.78 bits per heavy atom. The Labute approximate surface area is 110 Å². The lowest BCUT2D eigenvalue weighted by Gasteiger charge is -2.19. The summed E-state index contributed by atoms with van der Waals surface area (Å²) in [6.07, 6.45) is 12.7. The molecule has 0 saturated heterocycles. The molecule has 0 radical (unpaired) electrons. The molecule has 2 heteroatoms. The molecule has 102 valence electrons. The van der Waals surface area contributed by atoms with Crippen molar-refractivity contribution in [3.63, 3.8) is 0 Å². The molecule has 18 heavy (non-hydrogen) atoms. The Kier molecular flexibility index (Phi) is 6.77. The number of allylic oxidation sites excluding steroid dienone is 5. The van der Waals surface area contributed by atoms with Gasteiger partial charge < -0.3 is 5.11 Å². The summed E-state index contributed by atoms with van der Waals surface area (Å²) < 4.78 is 13.3. The van der Waals surface area contributed by atoms with Crippen LogP contribution in [0.3, 0.4) is 0 Å². The Balaban J connectivity index is 2.72. The van der Waals surface area contributed by atoms with Crippen LogP contribution in [0.2, 0.25) is 0 Å². The molecular weight excluding hydrogens is 227 g/mol. The van der Waals surface area contributed by atoms with Crippen molar-refractivity contribution in [2.24, 2.45) is 5.92 Å². The van der Waals surface area contributed by atoms with Crippen LogP contribution in [-0.2, 0) is 0 Å². The summed E-state index contributed by atoms with van der Waals surface area (Å²) in [6.45, 7) is 4.40. The first-order valence-corrected chi connectivity index (χ1v) is 7.14. The average Bonchev–Trinajstić information content (AvgIpc) is 2.54. The molecular formula is C16H25FO. The summed E-state index contributed by atoms with van der Waals surface area (Å²) >= 11 is 0. The number of rotatable bonds is 7. The molecule has 0 bridgehead atoms. The van der Waals surface area contributed by atoms with Crippen LogP contribution in [0, 0.1) is 5.92 Å². The molecule has 1 N–H and O–H groups in total. The normalized spacial score (nSPS) is 16.1. The van der Waals surface area contributed by atoms with Gasteiger partial charge in [0.15, 0.2) is 11.6 Å². The molecule has 1 aliphatic rings. The number of aliphatic hydroxyl groups is 1. The predicted octanol–water partition coefficient (Wildman–Crippen LogP) is 5.61. The smallest absolute Gasteiger partial charge is 0.161 e. The Bertz CT molecular complexity index is 331. The molecule has 0 amide bonds. The van der Waals surface area contributed by atoms with Gasteiger partial charge in [-0.25, -0.2) is 4.39 Å². The van der Waals surface area contributed by atoms with Crippen molar-refractivity contribution < 1.29 is 9.50 Å². The molecule has 0 aromatic rings. The first kappa shape index (κ1) is 15.0. The van der Waals surface area contributed by atoms with Gasteiger partial charge in [0.05, 0.1) is 0 Å². The minimum atomic E-state index is -0.494. The second kappa shape index (κ2) is 8.12. The van der Waals surface area contributed by atoms with E-state index in [-0.39, 0.29) is 5.76 Å². The van der Waals surface area contributed by atoms with Gasteiger partial charge in [-0.15, -0.1) is 0 Å². The third-order valence-corrected chi connectivity index (χ3v) is 3.55. The highest BCUT2D eigenvalue weighted by Crippen LogP contribution is 2.29. The first-order chi connectivity index (χ1) is 8.69. The third-order valence-electron chi connectivity index (χ3n) is 3.55. The van der Waals surface area contributed by atoms with Crippen LogP contribution in [0.15, 0.2) is 35.4 Å². The van der Waals surface area contributed by atoms with E-state index in [1.807, 2.05) is 6.08 Å². The zero-order chi connectivity index (χ0) is 13.4. The van der Waals surface area contributed by atoms with Crippen molar-refractivity contribution in [2.45, 2.75) is 58.8 Å². The topological polar surface area (TPSA) is 20.2 Å². The summed E-state index contributed by atoms with van der Waals surface area (Å²) in [5.74, 6) is -0.197.